The molecule has 0 aliphatic carbocycles. The zero-order valence-electron chi connectivity index (χ0n) is 7.84. The average Bonchev–Trinajstić information content (AvgIpc) is 2.85. The number of nitrogens with zero attached hydrogens (tertiary/aromatic N) is 1. The zero-order chi connectivity index (χ0) is 10.7. The van der Waals surface area contributed by atoms with E-state index >= 15 is 0 Å². The molecule has 0 aliphatic heterocycles. The van der Waals surface area contributed by atoms with Gasteiger partial charge in [0.05, 0.1) is 12.7 Å². The molecule has 0 saturated carbocycles. The van der Waals surface area contributed by atoms with Gasteiger partial charge in [-0.1, -0.05) is 5.16 Å². The third-order valence-electron chi connectivity index (χ3n) is 1.92. The number of hydrogen-bond acceptors (Lipinski definition) is 4. The molecule has 2 rings (SSSR count). The first kappa shape index (κ1) is 9.51. The summed E-state index contributed by atoms with van der Waals surface area (Å²) in [6.07, 6.45) is 1.91. The van der Waals surface area contributed by atoms with Crippen LogP contribution in [0.15, 0.2) is 33.4 Å². The van der Waals surface area contributed by atoms with E-state index in [2.05, 4.69) is 5.16 Å². The van der Waals surface area contributed by atoms with Gasteiger partial charge in [-0.25, -0.2) is 0 Å². The molecule has 5 heteroatoms. The van der Waals surface area contributed by atoms with Crippen LogP contribution in [0.2, 0.25) is 0 Å². The van der Waals surface area contributed by atoms with Crippen molar-refractivity contribution < 1.29 is 18.8 Å². The zero-order valence-corrected chi connectivity index (χ0v) is 7.84. The largest absolute Gasteiger partial charge is 0.481 e. The fourth-order valence-corrected chi connectivity index (χ4v) is 1.20. The molecule has 0 bridgehead atoms. The lowest BCUT2D eigenvalue weighted by Gasteiger charge is -1.88. The Labute approximate surface area is 85.3 Å². The average molecular weight is 207 g/mol. The van der Waals surface area contributed by atoms with Gasteiger partial charge in [0.1, 0.15) is 11.5 Å². The molecule has 0 aliphatic rings. The second-order valence-corrected chi connectivity index (χ2v) is 3.05. The summed E-state index contributed by atoms with van der Waals surface area (Å²) in [6.45, 7) is 0. The lowest BCUT2D eigenvalue weighted by atomic mass is 10.2. The van der Waals surface area contributed by atoms with Crippen LogP contribution in [0.1, 0.15) is 12.2 Å². The lowest BCUT2D eigenvalue weighted by Crippen LogP contribution is -1.96. The summed E-state index contributed by atoms with van der Waals surface area (Å²) in [4.78, 5) is 10.3. The highest BCUT2D eigenvalue weighted by Gasteiger charge is 2.09. The minimum absolute atomic E-state index is 0.0345. The van der Waals surface area contributed by atoms with E-state index < -0.39 is 5.97 Å². The minimum Gasteiger partial charge on any atom is -0.481 e. The van der Waals surface area contributed by atoms with Gasteiger partial charge < -0.3 is 14.0 Å². The third kappa shape index (κ3) is 2.25. The van der Waals surface area contributed by atoms with E-state index in [0.29, 0.717) is 23.6 Å². The molecular weight excluding hydrogens is 198 g/mol. The predicted molar refractivity (Wildman–Crippen MR) is 50.2 cm³/mol. The fourth-order valence-electron chi connectivity index (χ4n) is 1.20. The van der Waals surface area contributed by atoms with Gasteiger partial charge >= 0.3 is 5.97 Å². The van der Waals surface area contributed by atoms with Crippen molar-refractivity contribution in [2.45, 2.75) is 12.8 Å². The van der Waals surface area contributed by atoms with Crippen LogP contribution in [0, 0.1) is 0 Å². The summed E-state index contributed by atoms with van der Waals surface area (Å²) in [7, 11) is 0. The quantitative estimate of drug-likeness (QED) is 0.829. The van der Waals surface area contributed by atoms with Crippen LogP contribution in [0.3, 0.4) is 0 Å². The van der Waals surface area contributed by atoms with Crippen molar-refractivity contribution in [1.82, 2.24) is 5.16 Å². The van der Waals surface area contributed by atoms with E-state index in [1.54, 1.807) is 24.5 Å². The second kappa shape index (κ2) is 4.00. The number of carboxylic acid groups (broad SMARTS) is 1. The first-order chi connectivity index (χ1) is 7.25. The van der Waals surface area contributed by atoms with Gasteiger partial charge in [-0.3, -0.25) is 4.79 Å². The van der Waals surface area contributed by atoms with Crippen molar-refractivity contribution in [2.24, 2.45) is 0 Å². The molecule has 0 aromatic carbocycles. The number of rotatable bonds is 4. The molecule has 0 atom stereocenters. The molecule has 15 heavy (non-hydrogen) atoms. The first-order valence-corrected chi connectivity index (χ1v) is 4.47. The summed E-state index contributed by atoms with van der Waals surface area (Å²) in [5.74, 6) is 0.301. The molecule has 2 heterocycles. The summed E-state index contributed by atoms with van der Waals surface area (Å²) in [5, 5.41) is 12.3. The third-order valence-corrected chi connectivity index (χ3v) is 1.92. The van der Waals surface area contributed by atoms with E-state index in [-0.39, 0.29) is 6.42 Å². The van der Waals surface area contributed by atoms with Crippen molar-refractivity contribution >= 4 is 5.97 Å². The van der Waals surface area contributed by atoms with Crippen molar-refractivity contribution in [3.63, 3.8) is 0 Å². The van der Waals surface area contributed by atoms with Crippen LogP contribution in [0.5, 0.6) is 0 Å². The summed E-state index contributed by atoms with van der Waals surface area (Å²) >= 11 is 0. The minimum atomic E-state index is -0.856. The molecule has 1 N–H and O–H groups in total. The van der Waals surface area contributed by atoms with Crippen molar-refractivity contribution in [3.8, 4) is 11.5 Å². The number of aromatic nitrogens is 1. The van der Waals surface area contributed by atoms with Gasteiger partial charge in [0.2, 0.25) is 0 Å². The topological polar surface area (TPSA) is 76.5 Å². The maximum atomic E-state index is 10.3. The Morgan fingerprint density at radius 1 is 1.53 bits per heavy atom. The first-order valence-electron chi connectivity index (χ1n) is 4.47. The Morgan fingerprint density at radius 3 is 3.07 bits per heavy atom. The van der Waals surface area contributed by atoms with Gasteiger partial charge in [0.15, 0.2) is 5.76 Å². The molecule has 0 saturated heterocycles. The van der Waals surface area contributed by atoms with Crippen LogP contribution in [0.25, 0.3) is 11.5 Å². The number of aryl methyl sites for hydroxylation is 1. The fraction of sp³-hybridized carbons (Fsp3) is 0.200. The molecule has 0 unspecified atom stereocenters. The van der Waals surface area contributed by atoms with Gasteiger partial charge in [-0.15, -0.1) is 0 Å². The van der Waals surface area contributed by atoms with Crippen LogP contribution < -0.4 is 0 Å². The molecular formula is C10H9NO4. The molecule has 2 aromatic rings. The molecule has 78 valence electrons. The van der Waals surface area contributed by atoms with E-state index in [4.69, 9.17) is 14.0 Å². The maximum Gasteiger partial charge on any atom is 0.303 e. The Bertz CT molecular complexity index is 444. The van der Waals surface area contributed by atoms with E-state index in [9.17, 15) is 4.79 Å². The number of aliphatic carboxylic acids is 1. The predicted octanol–water partition coefficient (Wildman–Crippen LogP) is 1.95. The number of carbonyl (C=O) groups is 1. The van der Waals surface area contributed by atoms with E-state index in [0.717, 1.165) is 0 Å². The molecule has 5 nitrogen and oxygen atoms in total. The summed E-state index contributed by atoms with van der Waals surface area (Å²) in [5.41, 5.74) is 0.584. The molecule has 0 spiro atoms. The van der Waals surface area contributed by atoms with Crippen molar-refractivity contribution in [1.29, 1.82) is 0 Å². The standard InChI is InChI=1S/C10H9NO4/c12-10(13)4-3-7-6-8(11-15-7)9-2-1-5-14-9/h1-2,5-6H,3-4H2,(H,12,13). The van der Waals surface area contributed by atoms with Gasteiger partial charge in [0.25, 0.3) is 0 Å². The monoisotopic (exact) mass is 207 g/mol. The summed E-state index contributed by atoms with van der Waals surface area (Å²) in [6, 6.07) is 5.20. The highest BCUT2D eigenvalue weighted by molar-refractivity contribution is 5.67. The lowest BCUT2D eigenvalue weighted by molar-refractivity contribution is -0.137. The van der Waals surface area contributed by atoms with Gasteiger partial charge in [-0.2, -0.15) is 0 Å². The number of furan rings is 1. The summed E-state index contributed by atoms with van der Waals surface area (Å²) < 4.78 is 10.1. The van der Waals surface area contributed by atoms with Crippen LogP contribution in [-0.2, 0) is 11.2 Å². The highest BCUT2D eigenvalue weighted by atomic mass is 16.5. The Morgan fingerprint density at radius 2 is 2.40 bits per heavy atom. The van der Waals surface area contributed by atoms with Crippen LogP contribution >= 0.6 is 0 Å². The van der Waals surface area contributed by atoms with Gasteiger partial charge in [-0.05, 0) is 12.1 Å². The Hall–Kier alpha value is -2.04. The molecule has 0 radical (unpaired) electrons. The Balaban J connectivity index is 2.08. The SMILES string of the molecule is O=C(O)CCc1cc(-c2ccco2)no1. The Kier molecular flexibility index (Phi) is 2.53. The normalized spacial score (nSPS) is 10.4. The molecule has 0 fully saturated rings. The molecule has 2 aromatic heterocycles. The highest BCUT2D eigenvalue weighted by Crippen LogP contribution is 2.19. The number of hydrogen-bond donors (Lipinski definition) is 1. The van der Waals surface area contributed by atoms with Crippen molar-refractivity contribution in [3.05, 3.63) is 30.2 Å². The maximum absolute atomic E-state index is 10.3. The number of carboxylic acids is 1. The van der Waals surface area contributed by atoms with E-state index in [1.807, 2.05) is 0 Å². The van der Waals surface area contributed by atoms with Crippen LogP contribution in [0.4, 0.5) is 0 Å². The second-order valence-electron chi connectivity index (χ2n) is 3.05. The van der Waals surface area contributed by atoms with Crippen molar-refractivity contribution in [2.75, 3.05) is 0 Å². The van der Waals surface area contributed by atoms with Crippen LogP contribution in [-0.4, -0.2) is 16.2 Å². The smallest absolute Gasteiger partial charge is 0.303 e. The van der Waals surface area contributed by atoms with E-state index in [1.165, 1.54) is 0 Å². The van der Waals surface area contributed by atoms with Gasteiger partial charge in [0, 0.05) is 12.5 Å². The molecule has 0 amide bonds.